The second-order valence-electron chi connectivity index (χ2n) is 4.48. The van der Waals surface area contributed by atoms with Crippen LogP contribution in [-0.4, -0.2) is 9.38 Å². The number of pyridine rings is 1. The summed E-state index contributed by atoms with van der Waals surface area (Å²) in [6, 6.07) is 12.4. The number of nitrogens with zero attached hydrogens (tertiary/aromatic N) is 2. The molecule has 1 aromatic carbocycles. The van der Waals surface area contributed by atoms with Crippen LogP contribution in [0.25, 0.3) is 5.52 Å². The fourth-order valence-corrected chi connectivity index (χ4v) is 2.22. The number of hydrogen-bond donors (Lipinski definition) is 0. The minimum absolute atomic E-state index is 0.740. The van der Waals surface area contributed by atoms with Crippen molar-refractivity contribution in [2.45, 2.75) is 13.3 Å². The van der Waals surface area contributed by atoms with Crippen LogP contribution < -0.4 is 0 Å². The van der Waals surface area contributed by atoms with Gasteiger partial charge >= 0.3 is 0 Å². The zero-order chi connectivity index (χ0) is 12.5. The van der Waals surface area contributed by atoms with Crippen LogP contribution in [0.15, 0.2) is 48.8 Å². The largest absolute Gasteiger partial charge is 0.303 e. The summed E-state index contributed by atoms with van der Waals surface area (Å²) in [5, 5.41) is 0.740. The summed E-state index contributed by atoms with van der Waals surface area (Å²) in [6.07, 6.45) is 4.65. The summed E-state index contributed by atoms with van der Waals surface area (Å²) in [5.41, 5.74) is 3.58. The van der Waals surface area contributed by atoms with Gasteiger partial charge in [0.15, 0.2) is 0 Å². The lowest BCUT2D eigenvalue weighted by Gasteiger charge is -2.02. The second-order valence-corrected chi connectivity index (χ2v) is 4.91. The smallest absolute Gasteiger partial charge is 0.117 e. The van der Waals surface area contributed by atoms with E-state index in [1.54, 1.807) is 0 Å². The molecule has 90 valence electrons. The molecule has 0 aliphatic heterocycles. The first-order chi connectivity index (χ1) is 8.72. The third-order valence-electron chi connectivity index (χ3n) is 3.05. The Labute approximate surface area is 111 Å². The summed E-state index contributed by atoms with van der Waals surface area (Å²) in [7, 11) is 0. The summed E-state index contributed by atoms with van der Waals surface area (Å²) < 4.78 is 2.08. The zero-order valence-corrected chi connectivity index (χ0v) is 10.9. The number of fused-ring (bicyclic) bond motifs is 1. The third kappa shape index (κ3) is 2.12. The molecule has 3 heteroatoms. The van der Waals surface area contributed by atoms with Crippen LogP contribution in [0.4, 0.5) is 0 Å². The van der Waals surface area contributed by atoms with E-state index in [1.807, 2.05) is 24.5 Å². The highest BCUT2D eigenvalue weighted by molar-refractivity contribution is 6.30. The fourth-order valence-electron chi connectivity index (χ4n) is 2.05. The molecule has 3 rings (SSSR count). The first-order valence-corrected chi connectivity index (χ1v) is 6.27. The molecular formula is C15H13ClN2. The maximum atomic E-state index is 5.96. The Hall–Kier alpha value is -1.80. The van der Waals surface area contributed by atoms with Crippen LogP contribution in [-0.2, 0) is 6.42 Å². The van der Waals surface area contributed by atoms with Crippen LogP contribution in [0.3, 0.4) is 0 Å². The van der Waals surface area contributed by atoms with Gasteiger partial charge in [-0.05, 0) is 24.6 Å². The molecule has 18 heavy (non-hydrogen) atoms. The number of benzene rings is 1. The standard InChI is InChI=1S/C15H13ClN2/c1-11-2-4-12(5-3-11)8-15-17-10-14-9-13(16)6-7-18(14)15/h2-7,9-10H,8H2,1H3. The lowest BCUT2D eigenvalue weighted by atomic mass is 10.1. The molecule has 0 aliphatic carbocycles. The Morgan fingerprint density at radius 1 is 1.17 bits per heavy atom. The molecule has 0 aliphatic rings. The van der Waals surface area contributed by atoms with Gasteiger partial charge in [0.25, 0.3) is 0 Å². The highest BCUT2D eigenvalue weighted by Crippen LogP contribution is 2.16. The third-order valence-corrected chi connectivity index (χ3v) is 3.29. The molecule has 0 N–H and O–H groups in total. The normalized spacial score (nSPS) is 11.0. The van der Waals surface area contributed by atoms with Gasteiger partial charge in [0, 0.05) is 17.6 Å². The lowest BCUT2D eigenvalue weighted by Crippen LogP contribution is -1.96. The van der Waals surface area contributed by atoms with Gasteiger partial charge < -0.3 is 4.40 Å². The predicted octanol–water partition coefficient (Wildman–Crippen LogP) is 3.89. The average molecular weight is 257 g/mol. The van der Waals surface area contributed by atoms with Gasteiger partial charge in [-0.2, -0.15) is 0 Å². The predicted molar refractivity (Wildman–Crippen MR) is 74.2 cm³/mol. The van der Waals surface area contributed by atoms with Gasteiger partial charge in [0.2, 0.25) is 0 Å². The van der Waals surface area contributed by atoms with Gasteiger partial charge in [-0.3, -0.25) is 0 Å². The van der Waals surface area contributed by atoms with Crippen molar-refractivity contribution in [3.63, 3.8) is 0 Å². The number of hydrogen-bond acceptors (Lipinski definition) is 1. The Morgan fingerprint density at radius 3 is 2.72 bits per heavy atom. The van der Waals surface area contributed by atoms with Crippen LogP contribution in [0.1, 0.15) is 17.0 Å². The molecule has 0 fully saturated rings. The van der Waals surface area contributed by atoms with E-state index in [2.05, 4.69) is 40.6 Å². The van der Waals surface area contributed by atoms with Crippen molar-refractivity contribution in [3.05, 3.63) is 70.8 Å². The molecule has 0 bridgehead atoms. The molecule has 2 heterocycles. The second kappa shape index (κ2) is 4.46. The number of aryl methyl sites for hydroxylation is 1. The van der Waals surface area contributed by atoms with E-state index >= 15 is 0 Å². The van der Waals surface area contributed by atoms with Crippen molar-refractivity contribution >= 4 is 17.1 Å². The molecule has 2 nitrogen and oxygen atoms in total. The Bertz CT molecular complexity index is 683. The first kappa shape index (κ1) is 11.3. The molecule has 0 radical (unpaired) electrons. The summed E-state index contributed by atoms with van der Waals surface area (Å²) in [4.78, 5) is 4.46. The van der Waals surface area contributed by atoms with E-state index < -0.39 is 0 Å². The SMILES string of the molecule is Cc1ccc(Cc2ncc3cc(Cl)ccn23)cc1. The van der Waals surface area contributed by atoms with Crippen molar-refractivity contribution in [2.75, 3.05) is 0 Å². The Balaban J connectivity index is 1.97. The van der Waals surface area contributed by atoms with Gasteiger partial charge in [0.05, 0.1) is 11.7 Å². The minimum Gasteiger partial charge on any atom is -0.303 e. The molecule has 0 spiro atoms. The van der Waals surface area contributed by atoms with E-state index in [1.165, 1.54) is 11.1 Å². The lowest BCUT2D eigenvalue weighted by molar-refractivity contribution is 0.961. The van der Waals surface area contributed by atoms with Crippen molar-refractivity contribution < 1.29 is 0 Å². The van der Waals surface area contributed by atoms with E-state index in [9.17, 15) is 0 Å². The monoisotopic (exact) mass is 256 g/mol. The zero-order valence-electron chi connectivity index (χ0n) is 10.1. The molecule has 0 saturated heterocycles. The molecule has 0 saturated carbocycles. The van der Waals surface area contributed by atoms with Crippen LogP contribution in [0, 0.1) is 6.92 Å². The quantitative estimate of drug-likeness (QED) is 0.680. The van der Waals surface area contributed by atoms with Crippen molar-refractivity contribution in [1.29, 1.82) is 0 Å². The Kier molecular flexibility index (Phi) is 2.80. The highest BCUT2D eigenvalue weighted by atomic mass is 35.5. The van der Waals surface area contributed by atoms with Crippen LogP contribution >= 0.6 is 11.6 Å². The van der Waals surface area contributed by atoms with Crippen LogP contribution in [0.5, 0.6) is 0 Å². The topological polar surface area (TPSA) is 17.3 Å². The highest BCUT2D eigenvalue weighted by Gasteiger charge is 2.04. The van der Waals surface area contributed by atoms with Crippen LogP contribution in [0.2, 0.25) is 5.02 Å². The molecule has 0 amide bonds. The van der Waals surface area contributed by atoms with E-state index in [4.69, 9.17) is 11.6 Å². The van der Waals surface area contributed by atoms with Crippen molar-refractivity contribution in [2.24, 2.45) is 0 Å². The van der Waals surface area contributed by atoms with Gasteiger partial charge in [-0.15, -0.1) is 0 Å². The molecular weight excluding hydrogens is 244 g/mol. The first-order valence-electron chi connectivity index (χ1n) is 5.89. The van der Waals surface area contributed by atoms with E-state index in [-0.39, 0.29) is 0 Å². The van der Waals surface area contributed by atoms with Gasteiger partial charge in [-0.25, -0.2) is 4.98 Å². The Morgan fingerprint density at radius 2 is 1.94 bits per heavy atom. The van der Waals surface area contributed by atoms with Crippen molar-refractivity contribution in [3.8, 4) is 0 Å². The molecule has 0 atom stereocenters. The van der Waals surface area contributed by atoms with Gasteiger partial charge in [0.1, 0.15) is 5.82 Å². The maximum absolute atomic E-state index is 5.96. The molecule has 0 unspecified atom stereocenters. The summed E-state index contributed by atoms with van der Waals surface area (Å²) >= 11 is 5.96. The number of halogens is 1. The molecule has 2 aromatic heterocycles. The molecule has 3 aromatic rings. The minimum atomic E-state index is 0.740. The number of aromatic nitrogens is 2. The fraction of sp³-hybridized carbons (Fsp3) is 0.133. The van der Waals surface area contributed by atoms with Crippen molar-refractivity contribution in [1.82, 2.24) is 9.38 Å². The number of rotatable bonds is 2. The summed E-state index contributed by atoms with van der Waals surface area (Å²) in [6.45, 7) is 2.09. The van der Waals surface area contributed by atoms with E-state index in [0.29, 0.717) is 0 Å². The maximum Gasteiger partial charge on any atom is 0.117 e. The van der Waals surface area contributed by atoms with Gasteiger partial charge in [-0.1, -0.05) is 41.4 Å². The average Bonchev–Trinajstić information content (AvgIpc) is 2.74. The van der Waals surface area contributed by atoms with E-state index in [0.717, 1.165) is 22.8 Å². The number of imidazole rings is 1. The summed E-state index contributed by atoms with van der Waals surface area (Å²) in [5.74, 6) is 1.03.